The summed E-state index contributed by atoms with van der Waals surface area (Å²) in [6, 6.07) is 9.13. The van der Waals surface area contributed by atoms with Gasteiger partial charge in [-0.3, -0.25) is 4.98 Å². The molecule has 0 amide bonds. The van der Waals surface area contributed by atoms with Crippen molar-refractivity contribution in [1.82, 2.24) is 30.6 Å². The molecule has 0 aliphatic rings. The van der Waals surface area contributed by atoms with Crippen molar-refractivity contribution in [3.8, 4) is 33.2 Å². The van der Waals surface area contributed by atoms with Gasteiger partial charge in [-0.25, -0.2) is 14.3 Å². The Kier molecular flexibility index (Phi) is 4.14. The smallest absolute Gasteiger partial charge is 0.206 e. The first-order valence-corrected chi connectivity index (χ1v) is 9.22. The van der Waals surface area contributed by atoms with Gasteiger partial charge in [-0.15, -0.1) is 21.5 Å². The zero-order chi connectivity index (χ0) is 17.2. The summed E-state index contributed by atoms with van der Waals surface area (Å²) in [5, 5.41) is 22.4. The lowest BCUT2D eigenvalue weighted by Crippen LogP contribution is -2.06. The number of aromatic nitrogens is 6. The lowest BCUT2D eigenvalue weighted by Gasteiger charge is -2.08. The van der Waals surface area contributed by atoms with Crippen molar-refractivity contribution in [1.29, 1.82) is 0 Å². The topological polar surface area (TPSA) is 123 Å². The Balaban J connectivity index is 1.88. The van der Waals surface area contributed by atoms with Gasteiger partial charge in [-0.2, -0.15) is 5.21 Å². The highest BCUT2D eigenvalue weighted by Gasteiger charge is 2.20. The molecule has 0 aliphatic carbocycles. The summed E-state index contributed by atoms with van der Waals surface area (Å²) in [5.41, 5.74) is 3.12. The second-order valence-corrected chi connectivity index (χ2v) is 6.88. The van der Waals surface area contributed by atoms with Gasteiger partial charge in [0.1, 0.15) is 16.0 Å². The largest absolute Gasteiger partial charge is 0.265 e. The first kappa shape index (κ1) is 15.7. The molecule has 8 nitrogen and oxygen atoms in total. The predicted octanol–water partition coefficient (Wildman–Crippen LogP) is 2.03. The van der Waals surface area contributed by atoms with Crippen LogP contribution >= 0.6 is 11.3 Å². The number of hydrogen-bond donors (Lipinski definition) is 2. The summed E-state index contributed by atoms with van der Waals surface area (Å²) >= 11 is 1.47. The van der Waals surface area contributed by atoms with E-state index in [1.165, 1.54) is 11.3 Å². The van der Waals surface area contributed by atoms with Gasteiger partial charge in [0, 0.05) is 28.9 Å². The summed E-state index contributed by atoms with van der Waals surface area (Å²) in [6.07, 6.45) is 3.44. The normalized spacial score (nSPS) is 12.2. The van der Waals surface area contributed by atoms with Gasteiger partial charge < -0.3 is 0 Å². The monoisotopic (exact) mass is 369 g/mol. The van der Waals surface area contributed by atoms with E-state index in [2.05, 4.69) is 30.6 Å². The Morgan fingerprint density at radius 3 is 2.72 bits per heavy atom. The van der Waals surface area contributed by atoms with Gasteiger partial charge in [0.2, 0.25) is 5.82 Å². The Labute approximate surface area is 148 Å². The summed E-state index contributed by atoms with van der Waals surface area (Å²) in [6.45, 7) is 0. The van der Waals surface area contributed by atoms with Crippen LogP contribution in [0.5, 0.6) is 0 Å². The number of thiazole rings is 1. The molecule has 0 spiro atoms. The number of hydrogen-bond acceptors (Lipinski definition) is 7. The van der Waals surface area contributed by atoms with Crippen LogP contribution in [0.2, 0.25) is 0 Å². The van der Waals surface area contributed by atoms with E-state index in [-0.39, 0.29) is 0 Å². The standard InChI is InChI=1S/C15H11N7OS2/c16-25(23)12-3-1-2-10(13(12)14-19-21-22-20-14)15-18-11(8-24-15)9-4-6-17-7-5-9/h1-8H,16H2,(H,19,20,21,22). The van der Waals surface area contributed by atoms with Crippen LogP contribution in [-0.2, 0) is 11.0 Å². The molecule has 1 unspecified atom stereocenters. The lowest BCUT2D eigenvalue weighted by molar-refractivity contribution is 0.684. The number of benzene rings is 1. The zero-order valence-electron chi connectivity index (χ0n) is 12.7. The van der Waals surface area contributed by atoms with Crippen LogP contribution in [0.1, 0.15) is 0 Å². The van der Waals surface area contributed by atoms with Crippen LogP contribution in [0.4, 0.5) is 0 Å². The molecule has 1 atom stereocenters. The van der Waals surface area contributed by atoms with Crippen LogP contribution < -0.4 is 5.14 Å². The van der Waals surface area contributed by atoms with E-state index in [4.69, 9.17) is 5.14 Å². The number of aromatic amines is 1. The Bertz CT molecular complexity index is 1030. The van der Waals surface area contributed by atoms with E-state index in [9.17, 15) is 4.21 Å². The van der Waals surface area contributed by atoms with Crippen molar-refractivity contribution in [2.75, 3.05) is 0 Å². The number of nitrogens with two attached hydrogens (primary N) is 1. The fourth-order valence-corrected chi connectivity index (χ4v) is 3.90. The molecule has 0 saturated carbocycles. The Morgan fingerprint density at radius 2 is 2.00 bits per heavy atom. The third kappa shape index (κ3) is 2.97. The number of H-pyrrole nitrogens is 1. The molecule has 4 rings (SSSR count). The maximum atomic E-state index is 12.0. The van der Waals surface area contributed by atoms with Gasteiger partial charge in [-0.05, 0) is 23.4 Å². The fraction of sp³-hybridized carbons (Fsp3) is 0. The predicted molar refractivity (Wildman–Crippen MR) is 94.5 cm³/mol. The van der Waals surface area contributed by atoms with E-state index in [0.717, 1.165) is 21.8 Å². The second-order valence-electron chi connectivity index (χ2n) is 4.99. The average Bonchev–Trinajstić information content (AvgIpc) is 3.34. The van der Waals surface area contributed by atoms with Crippen molar-refractivity contribution < 1.29 is 4.21 Å². The van der Waals surface area contributed by atoms with Crippen molar-refractivity contribution in [3.05, 3.63) is 48.1 Å². The minimum absolute atomic E-state index is 0.324. The van der Waals surface area contributed by atoms with Crippen molar-refractivity contribution in [2.45, 2.75) is 4.90 Å². The number of tetrazole rings is 1. The molecular formula is C15H11N7OS2. The number of nitrogens with one attached hydrogen (secondary N) is 1. The van der Waals surface area contributed by atoms with Crippen molar-refractivity contribution >= 4 is 22.3 Å². The third-order valence-corrected chi connectivity index (χ3v) is 5.17. The minimum atomic E-state index is -1.69. The van der Waals surface area contributed by atoms with Gasteiger partial charge in [0.25, 0.3) is 0 Å². The van der Waals surface area contributed by atoms with E-state index >= 15 is 0 Å². The van der Waals surface area contributed by atoms with E-state index in [0.29, 0.717) is 16.3 Å². The van der Waals surface area contributed by atoms with Gasteiger partial charge in [-0.1, -0.05) is 12.1 Å². The molecule has 0 aliphatic heterocycles. The summed E-state index contributed by atoms with van der Waals surface area (Å²) in [4.78, 5) is 9.13. The molecule has 1 aromatic carbocycles. The Morgan fingerprint density at radius 1 is 1.16 bits per heavy atom. The van der Waals surface area contributed by atoms with Crippen molar-refractivity contribution in [3.63, 3.8) is 0 Å². The third-order valence-electron chi connectivity index (χ3n) is 3.52. The van der Waals surface area contributed by atoms with Crippen molar-refractivity contribution in [2.24, 2.45) is 5.14 Å². The molecule has 0 fully saturated rings. The second kappa shape index (κ2) is 6.59. The quantitative estimate of drug-likeness (QED) is 0.567. The molecule has 10 heteroatoms. The molecular weight excluding hydrogens is 358 g/mol. The lowest BCUT2D eigenvalue weighted by atomic mass is 10.1. The molecule has 124 valence electrons. The van der Waals surface area contributed by atoms with E-state index in [1.54, 1.807) is 24.5 Å². The van der Waals surface area contributed by atoms with Gasteiger partial charge >= 0.3 is 0 Å². The molecule has 25 heavy (non-hydrogen) atoms. The Hall–Kier alpha value is -2.82. The highest BCUT2D eigenvalue weighted by atomic mass is 32.2. The first-order chi connectivity index (χ1) is 12.2. The minimum Gasteiger partial charge on any atom is -0.265 e. The maximum absolute atomic E-state index is 12.0. The number of pyridine rings is 1. The summed E-state index contributed by atoms with van der Waals surface area (Å²) < 4.78 is 12.0. The van der Waals surface area contributed by atoms with Crippen LogP contribution in [0, 0.1) is 0 Å². The number of nitrogens with zero attached hydrogens (tertiary/aromatic N) is 5. The molecule has 3 N–H and O–H groups in total. The fourth-order valence-electron chi connectivity index (χ4n) is 2.43. The van der Waals surface area contributed by atoms with Crippen LogP contribution in [0.3, 0.4) is 0 Å². The van der Waals surface area contributed by atoms with Crippen LogP contribution in [-0.4, -0.2) is 34.8 Å². The molecule has 0 bridgehead atoms. The zero-order valence-corrected chi connectivity index (χ0v) is 14.3. The van der Waals surface area contributed by atoms with Gasteiger partial charge in [0.15, 0.2) is 0 Å². The van der Waals surface area contributed by atoms with Gasteiger partial charge in [0.05, 0.1) is 16.2 Å². The first-order valence-electron chi connectivity index (χ1n) is 7.13. The molecule has 3 aromatic heterocycles. The molecule has 0 saturated heterocycles. The summed E-state index contributed by atoms with van der Waals surface area (Å²) in [5.74, 6) is 0.324. The maximum Gasteiger partial charge on any atom is 0.206 e. The molecule has 0 radical (unpaired) electrons. The van der Waals surface area contributed by atoms with E-state index < -0.39 is 11.0 Å². The molecule has 3 heterocycles. The van der Waals surface area contributed by atoms with E-state index in [1.807, 2.05) is 23.6 Å². The molecule has 4 aromatic rings. The number of rotatable bonds is 4. The van der Waals surface area contributed by atoms with Crippen LogP contribution in [0.15, 0.2) is 53.0 Å². The highest BCUT2D eigenvalue weighted by molar-refractivity contribution is 7.82. The highest BCUT2D eigenvalue weighted by Crippen LogP contribution is 2.37. The average molecular weight is 369 g/mol. The van der Waals surface area contributed by atoms with Crippen LogP contribution in [0.25, 0.3) is 33.2 Å². The SMILES string of the molecule is NS(=O)c1cccc(-c2nc(-c3ccncc3)cs2)c1-c1nn[nH]n1. The summed E-state index contributed by atoms with van der Waals surface area (Å²) in [7, 11) is -1.69.